The highest BCUT2D eigenvalue weighted by Gasteiger charge is 2.28. The second-order valence-corrected chi connectivity index (χ2v) is 3.91. The average molecular weight is 177 g/mol. The number of rotatable bonds is 1. The van der Waals surface area contributed by atoms with Gasteiger partial charge < -0.3 is 4.74 Å². The molecule has 0 unspecified atom stereocenters. The van der Waals surface area contributed by atoms with Crippen LogP contribution in [-0.2, 0) is 10.2 Å². The Kier molecular flexibility index (Phi) is 2.32. The van der Waals surface area contributed by atoms with Crippen molar-refractivity contribution < 1.29 is 4.74 Å². The Morgan fingerprint density at radius 3 is 2.46 bits per heavy atom. The maximum absolute atomic E-state index is 5.37. The van der Waals surface area contributed by atoms with Gasteiger partial charge in [0.2, 0.25) is 0 Å². The van der Waals surface area contributed by atoms with Crippen LogP contribution in [0.4, 0.5) is 0 Å². The third kappa shape index (κ3) is 1.73. The molecule has 0 aliphatic carbocycles. The zero-order valence-electron chi connectivity index (χ0n) is 7.99. The number of pyridine rings is 1. The molecule has 0 bridgehead atoms. The van der Waals surface area contributed by atoms with Crippen LogP contribution in [0.15, 0.2) is 24.5 Å². The predicted molar refractivity (Wildman–Crippen MR) is 51.6 cm³/mol. The van der Waals surface area contributed by atoms with Gasteiger partial charge in [-0.3, -0.25) is 4.98 Å². The molecule has 0 saturated carbocycles. The summed E-state index contributed by atoms with van der Waals surface area (Å²) in [6.07, 6.45) is 5.99. The van der Waals surface area contributed by atoms with Crippen molar-refractivity contribution in [3.05, 3.63) is 30.1 Å². The van der Waals surface area contributed by atoms with Crippen molar-refractivity contribution in [3.63, 3.8) is 0 Å². The molecule has 0 spiro atoms. The molecule has 2 heterocycles. The monoisotopic (exact) mass is 177 g/mol. The number of hydrogen-bond acceptors (Lipinski definition) is 2. The van der Waals surface area contributed by atoms with Gasteiger partial charge in [-0.25, -0.2) is 0 Å². The molecule has 0 amide bonds. The summed E-state index contributed by atoms with van der Waals surface area (Å²) in [5.41, 5.74) is 1.70. The molecule has 2 nitrogen and oxygen atoms in total. The van der Waals surface area contributed by atoms with Crippen LogP contribution in [0.2, 0.25) is 0 Å². The maximum atomic E-state index is 5.37. The van der Waals surface area contributed by atoms with Gasteiger partial charge in [0, 0.05) is 25.6 Å². The van der Waals surface area contributed by atoms with Crippen molar-refractivity contribution in [2.75, 3.05) is 13.2 Å². The zero-order chi connectivity index (χ0) is 9.15. The van der Waals surface area contributed by atoms with Crippen molar-refractivity contribution in [2.45, 2.75) is 25.2 Å². The third-order valence-electron chi connectivity index (χ3n) is 2.97. The molecule has 0 aromatic carbocycles. The minimum absolute atomic E-state index is 0.307. The highest BCUT2D eigenvalue weighted by Crippen LogP contribution is 2.33. The van der Waals surface area contributed by atoms with E-state index in [1.54, 1.807) is 0 Å². The number of nitrogens with zero attached hydrogens (tertiary/aromatic N) is 1. The molecule has 0 N–H and O–H groups in total. The minimum atomic E-state index is 0.307. The van der Waals surface area contributed by atoms with E-state index in [4.69, 9.17) is 4.74 Å². The van der Waals surface area contributed by atoms with Gasteiger partial charge in [-0.2, -0.15) is 0 Å². The largest absolute Gasteiger partial charge is 0.381 e. The van der Waals surface area contributed by atoms with Gasteiger partial charge in [0.05, 0.1) is 0 Å². The first-order chi connectivity index (χ1) is 6.31. The number of ether oxygens (including phenoxy) is 1. The van der Waals surface area contributed by atoms with E-state index in [2.05, 4.69) is 24.0 Å². The second kappa shape index (κ2) is 3.46. The van der Waals surface area contributed by atoms with Crippen LogP contribution in [0.5, 0.6) is 0 Å². The summed E-state index contributed by atoms with van der Waals surface area (Å²) in [7, 11) is 0. The SMILES string of the molecule is CC1(c2ccncc2)CCOCC1. The van der Waals surface area contributed by atoms with E-state index >= 15 is 0 Å². The van der Waals surface area contributed by atoms with Gasteiger partial charge in [0.25, 0.3) is 0 Å². The van der Waals surface area contributed by atoms with Gasteiger partial charge in [-0.15, -0.1) is 0 Å². The average Bonchev–Trinajstić information content (AvgIpc) is 2.20. The smallest absolute Gasteiger partial charge is 0.0474 e. The molecule has 1 aliphatic rings. The van der Waals surface area contributed by atoms with E-state index in [9.17, 15) is 0 Å². The van der Waals surface area contributed by atoms with Gasteiger partial charge >= 0.3 is 0 Å². The van der Waals surface area contributed by atoms with E-state index in [0.29, 0.717) is 5.41 Å². The third-order valence-corrected chi connectivity index (χ3v) is 2.97. The Bertz CT molecular complexity index is 265. The lowest BCUT2D eigenvalue weighted by Gasteiger charge is -2.33. The second-order valence-electron chi connectivity index (χ2n) is 3.91. The quantitative estimate of drug-likeness (QED) is 0.655. The summed E-state index contributed by atoms with van der Waals surface area (Å²) < 4.78 is 5.37. The summed E-state index contributed by atoms with van der Waals surface area (Å²) in [5.74, 6) is 0. The lowest BCUT2D eigenvalue weighted by atomic mass is 9.76. The van der Waals surface area contributed by atoms with E-state index in [1.165, 1.54) is 5.56 Å². The van der Waals surface area contributed by atoms with Crippen LogP contribution >= 0.6 is 0 Å². The maximum Gasteiger partial charge on any atom is 0.0474 e. The standard InChI is InChI=1S/C11H15NO/c1-11(4-8-13-9-5-11)10-2-6-12-7-3-10/h2-3,6-7H,4-5,8-9H2,1H3. The van der Waals surface area contributed by atoms with Gasteiger partial charge in [-0.05, 0) is 36.0 Å². The van der Waals surface area contributed by atoms with Crippen molar-refractivity contribution in [2.24, 2.45) is 0 Å². The fraction of sp³-hybridized carbons (Fsp3) is 0.545. The fourth-order valence-electron chi connectivity index (χ4n) is 1.86. The molecule has 0 radical (unpaired) electrons. The van der Waals surface area contributed by atoms with Crippen molar-refractivity contribution in [1.82, 2.24) is 4.98 Å². The molecule has 1 aliphatic heterocycles. The van der Waals surface area contributed by atoms with E-state index in [1.807, 2.05) is 12.4 Å². The van der Waals surface area contributed by atoms with E-state index in [-0.39, 0.29) is 0 Å². The molecule has 2 rings (SSSR count). The normalized spacial score (nSPS) is 21.3. The van der Waals surface area contributed by atoms with Gasteiger partial charge in [-0.1, -0.05) is 6.92 Å². The van der Waals surface area contributed by atoms with Crippen LogP contribution in [-0.4, -0.2) is 18.2 Å². The summed E-state index contributed by atoms with van der Waals surface area (Å²) in [6.45, 7) is 4.09. The van der Waals surface area contributed by atoms with Gasteiger partial charge in [0.15, 0.2) is 0 Å². The van der Waals surface area contributed by atoms with Crippen molar-refractivity contribution in [3.8, 4) is 0 Å². The zero-order valence-corrected chi connectivity index (χ0v) is 7.99. The minimum Gasteiger partial charge on any atom is -0.381 e. The molecular formula is C11H15NO. The molecule has 1 aromatic rings. The first-order valence-electron chi connectivity index (χ1n) is 4.79. The fourth-order valence-corrected chi connectivity index (χ4v) is 1.86. The highest BCUT2D eigenvalue weighted by atomic mass is 16.5. The Labute approximate surface area is 78.9 Å². The van der Waals surface area contributed by atoms with Crippen molar-refractivity contribution >= 4 is 0 Å². The first-order valence-corrected chi connectivity index (χ1v) is 4.79. The molecule has 0 atom stereocenters. The molecule has 13 heavy (non-hydrogen) atoms. The van der Waals surface area contributed by atoms with Crippen LogP contribution < -0.4 is 0 Å². The number of hydrogen-bond donors (Lipinski definition) is 0. The first kappa shape index (κ1) is 8.70. The molecule has 2 heteroatoms. The lowest BCUT2D eigenvalue weighted by molar-refractivity contribution is 0.0564. The Hall–Kier alpha value is -0.890. The van der Waals surface area contributed by atoms with Crippen LogP contribution in [0.1, 0.15) is 25.3 Å². The Morgan fingerprint density at radius 2 is 1.85 bits per heavy atom. The lowest BCUT2D eigenvalue weighted by Crippen LogP contribution is -2.30. The topological polar surface area (TPSA) is 22.1 Å². The van der Waals surface area contributed by atoms with Crippen LogP contribution in [0.25, 0.3) is 0 Å². The molecule has 1 fully saturated rings. The molecule has 1 aromatic heterocycles. The van der Waals surface area contributed by atoms with E-state index in [0.717, 1.165) is 26.1 Å². The summed E-state index contributed by atoms with van der Waals surface area (Å²) in [5, 5.41) is 0. The van der Waals surface area contributed by atoms with E-state index < -0.39 is 0 Å². The van der Waals surface area contributed by atoms with Crippen LogP contribution in [0, 0.1) is 0 Å². The highest BCUT2D eigenvalue weighted by molar-refractivity contribution is 5.21. The number of aromatic nitrogens is 1. The summed E-state index contributed by atoms with van der Waals surface area (Å²) >= 11 is 0. The molecular weight excluding hydrogens is 162 g/mol. The Morgan fingerprint density at radius 1 is 1.23 bits per heavy atom. The molecule has 70 valence electrons. The predicted octanol–water partition coefficient (Wildman–Crippen LogP) is 2.15. The van der Waals surface area contributed by atoms with Crippen molar-refractivity contribution in [1.29, 1.82) is 0 Å². The Balaban J connectivity index is 2.23. The van der Waals surface area contributed by atoms with Crippen LogP contribution in [0.3, 0.4) is 0 Å². The summed E-state index contributed by atoms with van der Waals surface area (Å²) in [4.78, 5) is 4.04. The van der Waals surface area contributed by atoms with Gasteiger partial charge in [0.1, 0.15) is 0 Å². The molecule has 1 saturated heterocycles. The summed E-state index contributed by atoms with van der Waals surface area (Å²) in [6, 6.07) is 4.23.